The van der Waals surface area contributed by atoms with Gasteiger partial charge in [-0.05, 0) is 83.1 Å². The van der Waals surface area contributed by atoms with Crippen LogP contribution >= 0.6 is 10.3 Å². The second-order valence-electron chi connectivity index (χ2n) is 5.93. The second-order valence-corrected chi connectivity index (χ2v) is 8.63. The number of methoxy groups -OCH3 is 3. The Morgan fingerprint density at radius 1 is 0.621 bits per heavy atom. The molecule has 29 heavy (non-hydrogen) atoms. The van der Waals surface area contributed by atoms with Crippen molar-refractivity contribution >= 4 is 16.5 Å². The molecule has 0 aliphatic heterocycles. The molecule has 0 spiro atoms. The van der Waals surface area contributed by atoms with Crippen molar-refractivity contribution in [3.8, 4) is 17.2 Å². The quantitative estimate of drug-likeness (QED) is 0.542. The van der Waals surface area contributed by atoms with Crippen molar-refractivity contribution in [2.24, 2.45) is 0 Å². The molecule has 0 aromatic heterocycles. The summed E-state index contributed by atoms with van der Waals surface area (Å²) in [4.78, 5) is 14.0. The lowest BCUT2D eigenvalue weighted by Gasteiger charge is -2.38. The predicted octanol–water partition coefficient (Wildman–Crippen LogP) is 5.60. The lowest BCUT2D eigenvalue weighted by atomic mass is 10.3. The van der Waals surface area contributed by atoms with Crippen LogP contribution in [-0.4, -0.2) is 32.6 Å². The fraction of sp³-hybridized carbons (Fsp3) is 0.136. The van der Waals surface area contributed by atoms with Gasteiger partial charge in [-0.15, -0.1) is 0 Å². The molecule has 3 rings (SSSR count). The third kappa shape index (κ3) is 4.09. The molecule has 3 aromatic carbocycles. The number of benzene rings is 3. The van der Waals surface area contributed by atoms with E-state index in [9.17, 15) is 9.90 Å². The first kappa shape index (κ1) is 20.4. The standard InChI is InChI=1S/C22H22O6S/c1-25-16-4-10-19(11-5-16)29(28-22(23)24,20-12-6-17(26-2)7-13-20)21-14-8-18(27-3)9-15-21/h4-15H,1-3H3,(H,23,24). The van der Waals surface area contributed by atoms with Crippen molar-refractivity contribution < 1.29 is 28.3 Å². The zero-order chi connectivity index (χ0) is 20.9. The minimum Gasteiger partial charge on any atom is -0.497 e. The van der Waals surface area contributed by atoms with Crippen molar-refractivity contribution in [1.29, 1.82) is 0 Å². The molecule has 0 aliphatic rings. The monoisotopic (exact) mass is 414 g/mol. The normalized spacial score (nSPS) is 11.4. The van der Waals surface area contributed by atoms with E-state index in [0.717, 1.165) is 14.7 Å². The summed E-state index contributed by atoms with van der Waals surface area (Å²) in [7, 11) is 2.16. The lowest BCUT2D eigenvalue weighted by Crippen LogP contribution is -2.12. The van der Waals surface area contributed by atoms with Gasteiger partial charge in [0.15, 0.2) is 0 Å². The SMILES string of the molecule is COc1ccc(S(OC(=O)O)(c2ccc(OC)cc2)c2ccc(OC)cc2)cc1. The third-order valence-corrected chi connectivity index (χ3v) is 7.57. The zero-order valence-electron chi connectivity index (χ0n) is 16.3. The van der Waals surface area contributed by atoms with Crippen LogP contribution in [0.5, 0.6) is 17.2 Å². The number of carbonyl (C=O) groups is 1. The second kappa shape index (κ2) is 8.79. The summed E-state index contributed by atoms with van der Waals surface area (Å²) in [6, 6.07) is 21.7. The van der Waals surface area contributed by atoms with Crippen LogP contribution in [0.1, 0.15) is 0 Å². The highest BCUT2D eigenvalue weighted by atomic mass is 32.3. The molecule has 0 fully saturated rings. The van der Waals surface area contributed by atoms with Gasteiger partial charge in [-0.2, -0.15) is 0 Å². The predicted molar refractivity (Wildman–Crippen MR) is 110 cm³/mol. The van der Waals surface area contributed by atoms with E-state index >= 15 is 0 Å². The van der Waals surface area contributed by atoms with Gasteiger partial charge >= 0.3 is 6.16 Å². The van der Waals surface area contributed by atoms with E-state index in [2.05, 4.69) is 0 Å². The van der Waals surface area contributed by atoms with Gasteiger partial charge < -0.3 is 23.5 Å². The number of hydrogen-bond donors (Lipinski definition) is 1. The van der Waals surface area contributed by atoms with E-state index < -0.39 is 16.5 Å². The molecule has 0 heterocycles. The topological polar surface area (TPSA) is 74.2 Å². The first-order valence-corrected chi connectivity index (χ1v) is 10.3. The first-order valence-electron chi connectivity index (χ1n) is 8.71. The Morgan fingerprint density at radius 2 is 0.897 bits per heavy atom. The van der Waals surface area contributed by atoms with Crippen LogP contribution in [0.2, 0.25) is 0 Å². The molecule has 0 radical (unpaired) electrons. The summed E-state index contributed by atoms with van der Waals surface area (Å²) < 4.78 is 21.5. The van der Waals surface area contributed by atoms with Crippen LogP contribution in [0.3, 0.4) is 0 Å². The van der Waals surface area contributed by atoms with Gasteiger partial charge in [0, 0.05) is 14.7 Å². The van der Waals surface area contributed by atoms with Gasteiger partial charge in [0.05, 0.1) is 21.3 Å². The Labute approximate surface area is 171 Å². The Morgan fingerprint density at radius 3 is 1.10 bits per heavy atom. The molecule has 0 amide bonds. The van der Waals surface area contributed by atoms with Gasteiger partial charge in [-0.25, -0.2) is 4.79 Å². The Bertz CT molecular complexity index is 836. The Hall–Kier alpha value is -3.32. The smallest absolute Gasteiger partial charge is 0.497 e. The highest BCUT2D eigenvalue weighted by molar-refractivity contribution is 8.30. The van der Waals surface area contributed by atoms with Crippen molar-refractivity contribution in [2.45, 2.75) is 14.7 Å². The molecular weight excluding hydrogens is 392 g/mol. The fourth-order valence-corrected chi connectivity index (χ4v) is 5.84. The van der Waals surface area contributed by atoms with Gasteiger partial charge in [0.1, 0.15) is 17.2 Å². The maximum absolute atomic E-state index is 11.8. The summed E-state index contributed by atoms with van der Waals surface area (Å²) in [5.74, 6) is 2.01. The van der Waals surface area contributed by atoms with Gasteiger partial charge in [0.25, 0.3) is 0 Å². The van der Waals surface area contributed by atoms with Crippen molar-refractivity contribution in [2.75, 3.05) is 21.3 Å². The van der Waals surface area contributed by atoms with E-state index in [1.54, 1.807) is 57.7 Å². The molecule has 1 N–H and O–H groups in total. The van der Waals surface area contributed by atoms with Crippen molar-refractivity contribution in [3.63, 3.8) is 0 Å². The highest BCUT2D eigenvalue weighted by Gasteiger charge is 2.36. The van der Waals surface area contributed by atoms with Crippen LogP contribution in [0.25, 0.3) is 0 Å². The number of carboxylic acid groups (broad SMARTS) is 1. The lowest BCUT2D eigenvalue weighted by molar-refractivity contribution is 0.150. The highest BCUT2D eigenvalue weighted by Crippen LogP contribution is 2.69. The molecular formula is C22H22O6S. The van der Waals surface area contributed by atoms with Crippen molar-refractivity contribution in [3.05, 3.63) is 72.8 Å². The Kier molecular flexibility index (Phi) is 6.19. The van der Waals surface area contributed by atoms with E-state index in [-0.39, 0.29) is 0 Å². The average molecular weight is 414 g/mol. The molecule has 0 atom stereocenters. The van der Waals surface area contributed by atoms with Crippen molar-refractivity contribution in [1.82, 2.24) is 0 Å². The third-order valence-electron chi connectivity index (χ3n) is 4.37. The molecule has 6 nitrogen and oxygen atoms in total. The van der Waals surface area contributed by atoms with Crippen LogP contribution < -0.4 is 14.2 Å². The molecule has 0 unspecified atom stereocenters. The van der Waals surface area contributed by atoms with Crippen LogP contribution in [0.15, 0.2) is 87.5 Å². The van der Waals surface area contributed by atoms with Crippen LogP contribution in [0, 0.1) is 0 Å². The van der Waals surface area contributed by atoms with E-state index in [1.165, 1.54) is 0 Å². The molecule has 0 aliphatic carbocycles. The number of hydrogen-bond acceptors (Lipinski definition) is 5. The van der Waals surface area contributed by atoms with E-state index in [4.69, 9.17) is 18.4 Å². The summed E-state index contributed by atoms with van der Waals surface area (Å²) in [6.07, 6.45) is -1.36. The van der Waals surface area contributed by atoms with E-state index in [0.29, 0.717) is 17.2 Å². The maximum Gasteiger partial charge on any atom is 0.517 e. The Balaban J connectivity index is 2.28. The summed E-state index contributed by atoms with van der Waals surface area (Å²) in [5, 5.41) is 9.66. The van der Waals surface area contributed by atoms with Gasteiger partial charge in [-0.3, -0.25) is 0 Å². The average Bonchev–Trinajstić information content (AvgIpc) is 2.77. The number of rotatable bonds is 7. The minimum atomic E-state index is -2.57. The zero-order valence-corrected chi connectivity index (χ0v) is 17.1. The molecule has 0 bridgehead atoms. The summed E-state index contributed by atoms with van der Waals surface area (Å²) >= 11 is 0. The van der Waals surface area contributed by atoms with Crippen LogP contribution in [-0.2, 0) is 4.18 Å². The van der Waals surface area contributed by atoms with Crippen LogP contribution in [0.4, 0.5) is 4.79 Å². The molecule has 152 valence electrons. The summed E-state index contributed by atoms with van der Waals surface area (Å²) in [5.41, 5.74) is 0. The maximum atomic E-state index is 11.8. The van der Waals surface area contributed by atoms with Gasteiger partial charge in [0.2, 0.25) is 0 Å². The minimum absolute atomic E-state index is 0.668. The largest absolute Gasteiger partial charge is 0.517 e. The first-order chi connectivity index (χ1) is 14.0. The summed E-state index contributed by atoms with van der Waals surface area (Å²) in [6.45, 7) is 0. The van der Waals surface area contributed by atoms with E-state index in [1.807, 2.05) is 36.4 Å². The fourth-order valence-electron chi connectivity index (χ4n) is 2.96. The molecule has 7 heteroatoms. The molecule has 0 saturated carbocycles. The molecule has 0 saturated heterocycles. The molecule has 3 aromatic rings. The number of ether oxygens (including phenoxy) is 3. The van der Waals surface area contributed by atoms with Gasteiger partial charge in [-0.1, -0.05) is 0 Å².